The Morgan fingerprint density at radius 2 is 2.22 bits per heavy atom. The topological polar surface area (TPSA) is 67.6 Å². The molecule has 0 aliphatic carbocycles. The molecular weight excluding hydrogens is 224 g/mol. The van der Waals surface area contributed by atoms with E-state index in [1.807, 2.05) is 18.2 Å². The summed E-state index contributed by atoms with van der Waals surface area (Å²) in [5.41, 5.74) is 8.90. The van der Waals surface area contributed by atoms with Gasteiger partial charge in [-0.15, -0.1) is 0 Å². The number of aromatic amines is 1. The van der Waals surface area contributed by atoms with Crippen molar-refractivity contribution >= 4 is 5.82 Å². The van der Waals surface area contributed by atoms with Gasteiger partial charge in [0, 0.05) is 11.9 Å². The lowest BCUT2D eigenvalue weighted by Gasteiger charge is -2.11. The highest BCUT2D eigenvalue weighted by Crippen LogP contribution is 2.32. The lowest BCUT2D eigenvalue weighted by atomic mass is 9.96. The molecule has 96 valence electrons. The molecule has 0 bridgehead atoms. The van der Waals surface area contributed by atoms with Gasteiger partial charge in [0.25, 0.3) is 0 Å². The molecular formula is C14H20N4. The van der Waals surface area contributed by atoms with Crippen LogP contribution in [0.2, 0.25) is 0 Å². The maximum absolute atomic E-state index is 5.96. The predicted molar refractivity (Wildman–Crippen MR) is 74.2 cm³/mol. The third-order valence-corrected chi connectivity index (χ3v) is 3.23. The van der Waals surface area contributed by atoms with Gasteiger partial charge in [0.15, 0.2) is 5.82 Å². The largest absolute Gasteiger partial charge is 0.382 e. The second kappa shape index (κ2) is 5.67. The molecule has 4 nitrogen and oxygen atoms in total. The lowest BCUT2D eigenvalue weighted by Crippen LogP contribution is -1.98. The maximum atomic E-state index is 5.96. The van der Waals surface area contributed by atoms with Crippen molar-refractivity contribution in [2.75, 3.05) is 5.73 Å². The number of unbranched alkanes of at least 4 members (excludes halogenated alkanes) is 1. The monoisotopic (exact) mass is 244 g/mol. The first-order valence-corrected chi connectivity index (χ1v) is 6.49. The third-order valence-electron chi connectivity index (χ3n) is 3.23. The highest BCUT2D eigenvalue weighted by molar-refractivity contribution is 5.73. The van der Waals surface area contributed by atoms with E-state index >= 15 is 0 Å². The summed E-state index contributed by atoms with van der Waals surface area (Å²) in [6, 6.07) is 5.84. The summed E-state index contributed by atoms with van der Waals surface area (Å²) in [6.45, 7) is 4.41. The third kappa shape index (κ3) is 2.53. The molecule has 0 saturated carbocycles. The van der Waals surface area contributed by atoms with Crippen LogP contribution in [0.15, 0.2) is 24.4 Å². The van der Waals surface area contributed by atoms with Gasteiger partial charge in [-0.1, -0.05) is 32.8 Å². The molecule has 2 aromatic rings. The fourth-order valence-electron chi connectivity index (χ4n) is 2.16. The van der Waals surface area contributed by atoms with Crippen LogP contribution >= 0.6 is 0 Å². The van der Waals surface area contributed by atoms with Crippen LogP contribution in [0.3, 0.4) is 0 Å². The normalized spacial score (nSPS) is 12.6. The Bertz CT molecular complexity index is 490. The summed E-state index contributed by atoms with van der Waals surface area (Å²) in [7, 11) is 0. The maximum Gasteiger partial charge on any atom is 0.154 e. The van der Waals surface area contributed by atoms with E-state index in [9.17, 15) is 0 Å². The van der Waals surface area contributed by atoms with Crippen molar-refractivity contribution in [2.24, 2.45) is 0 Å². The van der Waals surface area contributed by atoms with Crippen LogP contribution in [0.4, 0.5) is 5.82 Å². The quantitative estimate of drug-likeness (QED) is 0.847. The van der Waals surface area contributed by atoms with Gasteiger partial charge in [-0.3, -0.25) is 10.1 Å². The molecule has 2 heterocycles. The second-order valence-electron chi connectivity index (χ2n) is 4.66. The molecule has 3 N–H and O–H groups in total. The van der Waals surface area contributed by atoms with Crippen molar-refractivity contribution in [2.45, 2.75) is 39.0 Å². The summed E-state index contributed by atoms with van der Waals surface area (Å²) in [5.74, 6) is 0.957. The Kier molecular flexibility index (Phi) is 3.97. The zero-order valence-corrected chi connectivity index (χ0v) is 11.0. The Hall–Kier alpha value is -1.84. The van der Waals surface area contributed by atoms with Gasteiger partial charge < -0.3 is 5.73 Å². The number of pyridine rings is 1. The van der Waals surface area contributed by atoms with E-state index in [-0.39, 0.29) is 0 Å². The Labute approximate surface area is 108 Å². The smallest absolute Gasteiger partial charge is 0.154 e. The van der Waals surface area contributed by atoms with Crippen molar-refractivity contribution in [3.8, 4) is 11.3 Å². The lowest BCUT2D eigenvalue weighted by molar-refractivity contribution is 0.610. The number of rotatable bonds is 5. The van der Waals surface area contributed by atoms with Crippen molar-refractivity contribution < 1.29 is 0 Å². The Morgan fingerprint density at radius 3 is 2.89 bits per heavy atom. The zero-order chi connectivity index (χ0) is 13.0. The molecule has 0 amide bonds. The van der Waals surface area contributed by atoms with Crippen LogP contribution in [0.1, 0.15) is 44.7 Å². The van der Waals surface area contributed by atoms with Crippen LogP contribution in [0.5, 0.6) is 0 Å². The van der Waals surface area contributed by atoms with E-state index in [0.29, 0.717) is 11.7 Å². The van der Waals surface area contributed by atoms with Crippen LogP contribution in [-0.4, -0.2) is 15.2 Å². The van der Waals surface area contributed by atoms with E-state index in [4.69, 9.17) is 5.73 Å². The molecule has 0 aliphatic heterocycles. The molecule has 0 aliphatic rings. The van der Waals surface area contributed by atoms with Crippen molar-refractivity contribution in [3.05, 3.63) is 30.1 Å². The molecule has 0 saturated heterocycles. The average molecular weight is 244 g/mol. The van der Waals surface area contributed by atoms with Gasteiger partial charge in [-0.25, -0.2) is 0 Å². The molecule has 4 heteroatoms. The first kappa shape index (κ1) is 12.6. The highest BCUT2D eigenvalue weighted by atomic mass is 15.2. The molecule has 0 fully saturated rings. The fraction of sp³-hybridized carbons (Fsp3) is 0.429. The van der Waals surface area contributed by atoms with E-state index in [1.54, 1.807) is 6.20 Å². The van der Waals surface area contributed by atoms with Crippen molar-refractivity contribution in [1.29, 1.82) is 0 Å². The van der Waals surface area contributed by atoms with Crippen molar-refractivity contribution in [1.82, 2.24) is 15.2 Å². The average Bonchev–Trinajstić information content (AvgIpc) is 2.79. The summed E-state index contributed by atoms with van der Waals surface area (Å²) >= 11 is 0. The minimum Gasteiger partial charge on any atom is -0.382 e. The summed E-state index contributed by atoms with van der Waals surface area (Å²) in [6.07, 6.45) is 5.33. The molecule has 18 heavy (non-hydrogen) atoms. The molecule has 2 aromatic heterocycles. The van der Waals surface area contributed by atoms with Gasteiger partial charge in [0.05, 0.1) is 11.3 Å². The van der Waals surface area contributed by atoms with Gasteiger partial charge in [-0.2, -0.15) is 5.10 Å². The number of anilines is 1. The molecule has 0 aromatic carbocycles. The number of aromatic nitrogens is 3. The minimum atomic E-state index is 0.423. The van der Waals surface area contributed by atoms with Crippen LogP contribution in [0.25, 0.3) is 11.3 Å². The van der Waals surface area contributed by atoms with Gasteiger partial charge >= 0.3 is 0 Å². The summed E-state index contributed by atoms with van der Waals surface area (Å²) < 4.78 is 0. The number of nitrogens with one attached hydrogen (secondary N) is 1. The summed E-state index contributed by atoms with van der Waals surface area (Å²) in [4.78, 5) is 4.37. The first-order chi connectivity index (χ1) is 8.74. The van der Waals surface area contributed by atoms with Gasteiger partial charge in [0.1, 0.15) is 0 Å². The predicted octanol–water partition coefficient (Wildman–Crippen LogP) is 3.35. The fourth-order valence-corrected chi connectivity index (χ4v) is 2.16. The Balaban J connectivity index is 2.33. The molecule has 0 spiro atoms. The zero-order valence-electron chi connectivity index (χ0n) is 11.0. The van der Waals surface area contributed by atoms with Gasteiger partial charge in [-0.05, 0) is 24.5 Å². The number of nitrogens with two attached hydrogens (primary N) is 1. The van der Waals surface area contributed by atoms with Gasteiger partial charge in [0.2, 0.25) is 0 Å². The highest BCUT2D eigenvalue weighted by Gasteiger charge is 2.18. The first-order valence-electron chi connectivity index (χ1n) is 6.49. The van der Waals surface area contributed by atoms with Crippen LogP contribution < -0.4 is 5.73 Å². The molecule has 0 radical (unpaired) electrons. The number of nitrogens with zero attached hydrogens (tertiary/aromatic N) is 2. The molecule has 2 rings (SSSR count). The Morgan fingerprint density at radius 1 is 1.39 bits per heavy atom. The van der Waals surface area contributed by atoms with Crippen LogP contribution in [-0.2, 0) is 0 Å². The second-order valence-corrected chi connectivity index (χ2v) is 4.66. The number of H-pyrrole nitrogens is 1. The SMILES string of the molecule is CCCCC(C)c1[nH]nc(N)c1-c1ccccn1. The molecule has 1 unspecified atom stereocenters. The van der Waals surface area contributed by atoms with E-state index in [2.05, 4.69) is 29.0 Å². The number of hydrogen-bond donors (Lipinski definition) is 2. The van der Waals surface area contributed by atoms with Crippen LogP contribution in [0, 0.1) is 0 Å². The van der Waals surface area contributed by atoms with E-state index in [1.165, 1.54) is 12.8 Å². The standard InChI is InChI=1S/C14H20N4/c1-3-4-7-10(2)13-12(14(15)18-17-13)11-8-5-6-9-16-11/h5-6,8-10H,3-4,7H2,1-2H3,(H3,15,17,18). The number of hydrogen-bond acceptors (Lipinski definition) is 3. The van der Waals surface area contributed by atoms with E-state index < -0.39 is 0 Å². The summed E-state index contributed by atoms with van der Waals surface area (Å²) in [5, 5.41) is 7.20. The number of nitrogen functional groups attached to an aromatic ring is 1. The van der Waals surface area contributed by atoms with Crippen molar-refractivity contribution in [3.63, 3.8) is 0 Å². The minimum absolute atomic E-state index is 0.423. The van der Waals surface area contributed by atoms with E-state index in [0.717, 1.165) is 23.4 Å². The molecule has 1 atom stereocenters.